The molecule has 3 nitrogen and oxygen atoms in total. The summed E-state index contributed by atoms with van der Waals surface area (Å²) in [5, 5.41) is 0. The zero-order chi connectivity index (χ0) is 12.7. The number of benzene rings is 2. The van der Waals surface area contributed by atoms with Gasteiger partial charge in [-0.2, -0.15) is 0 Å². The van der Waals surface area contributed by atoms with E-state index in [0.29, 0.717) is 0 Å². The van der Waals surface area contributed by atoms with E-state index >= 15 is 0 Å². The van der Waals surface area contributed by atoms with E-state index in [-0.39, 0.29) is 5.91 Å². The van der Waals surface area contributed by atoms with Crippen molar-refractivity contribution in [3.63, 3.8) is 0 Å². The molecule has 1 aliphatic rings. The van der Waals surface area contributed by atoms with Gasteiger partial charge < -0.3 is 10.6 Å². The monoisotopic (exact) mass is 238 g/mol. The summed E-state index contributed by atoms with van der Waals surface area (Å²) in [6.45, 7) is 0. The molecule has 18 heavy (non-hydrogen) atoms. The molecule has 1 amide bonds. The van der Waals surface area contributed by atoms with Gasteiger partial charge in [0.25, 0.3) is 0 Å². The number of hydrogen-bond donors (Lipinski definition) is 1. The molecule has 1 heterocycles. The van der Waals surface area contributed by atoms with Crippen LogP contribution in [0.3, 0.4) is 0 Å². The molecule has 2 N–H and O–H groups in total. The molecule has 3 heteroatoms. The highest BCUT2D eigenvalue weighted by Gasteiger charge is 2.28. The minimum atomic E-state index is -0.599. The van der Waals surface area contributed by atoms with Crippen molar-refractivity contribution in [1.29, 1.82) is 0 Å². The predicted molar refractivity (Wildman–Crippen MR) is 72.2 cm³/mol. The number of rotatable bonds is 0. The molecule has 0 aliphatic carbocycles. The molecular weight excluding hydrogens is 224 g/mol. The molecule has 0 unspecified atom stereocenters. The summed E-state index contributed by atoms with van der Waals surface area (Å²) in [5.74, 6) is -0.0765. The standard InChI is InChI=1S/C15H14N2O/c1-17-13-9-5-4-7-11(13)10-6-2-3-8-12(10)14(16)15(17)18/h2-9,14H,16H2,1H3/t14-/m0/s1. The van der Waals surface area contributed by atoms with Crippen molar-refractivity contribution in [2.24, 2.45) is 5.73 Å². The third-order valence-electron chi connectivity index (χ3n) is 3.45. The number of anilines is 1. The van der Waals surface area contributed by atoms with Gasteiger partial charge in [0.1, 0.15) is 6.04 Å². The highest BCUT2D eigenvalue weighted by molar-refractivity contribution is 6.04. The second-order valence-corrected chi connectivity index (χ2v) is 4.48. The molecule has 3 rings (SSSR count). The minimum absolute atomic E-state index is 0.0765. The summed E-state index contributed by atoms with van der Waals surface area (Å²) in [7, 11) is 1.77. The smallest absolute Gasteiger partial charge is 0.248 e. The van der Waals surface area contributed by atoms with Gasteiger partial charge >= 0.3 is 0 Å². The lowest BCUT2D eigenvalue weighted by atomic mass is 9.96. The van der Waals surface area contributed by atoms with Gasteiger partial charge in [0.05, 0.1) is 5.69 Å². The first-order chi connectivity index (χ1) is 8.70. The van der Waals surface area contributed by atoms with Crippen LogP contribution >= 0.6 is 0 Å². The molecule has 90 valence electrons. The maximum atomic E-state index is 12.3. The van der Waals surface area contributed by atoms with Crippen molar-refractivity contribution in [2.45, 2.75) is 6.04 Å². The molecular formula is C15H14N2O. The summed E-state index contributed by atoms with van der Waals surface area (Å²) >= 11 is 0. The van der Waals surface area contributed by atoms with Crippen LogP contribution in [0, 0.1) is 0 Å². The van der Waals surface area contributed by atoms with E-state index < -0.39 is 6.04 Å². The summed E-state index contributed by atoms with van der Waals surface area (Å²) in [4.78, 5) is 13.9. The molecule has 0 aromatic heterocycles. The fraction of sp³-hybridized carbons (Fsp3) is 0.133. The second-order valence-electron chi connectivity index (χ2n) is 4.48. The maximum Gasteiger partial charge on any atom is 0.248 e. The zero-order valence-electron chi connectivity index (χ0n) is 10.1. The molecule has 0 radical (unpaired) electrons. The van der Waals surface area contributed by atoms with Gasteiger partial charge in [0.15, 0.2) is 0 Å². The third-order valence-corrected chi connectivity index (χ3v) is 3.45. The van der Waals surface area contributed by atoms with E-state index in [1.165, 1.54) is 0 Å². The lowest BCUT2D eigenvalue weighted by Crippen LogP contribution is -2.34. The van der Waals surface area contributed by atoms with E-state index in [4.69, 9.17) is 5.73 Å². The van der Waals surface area contributed by atoms with Crippen LogP contribution in [0.15, 0.2) is 48.5 Å². The Morgan fingerprint density at radius 3 is 2.39 bits per heavy atom. The number of carbonyl (C=O) groups is 1. The van der Waals surface area contributed by atoms with Crippen molar-refractivity contribution in [1.82, 2.24) is 0 Å². The second kappa shape index (κ2) is 3.96. The van der Waals surface area contributed by atoms with Crippen molar-refractivity contribution in [2.75, 3.05) is 11.9 Å². The Hall–Kier alpha value is -2.13. The van der Waals surface area contributed by atoms with Crippen LogP contribution in [0.5, 0.6) is 0 Å². The summed E-state index contributed by atoms with van der Waals surface area (Å²) in [6, 6.07) is 15.1. The van der Waals surface area contributed by atoms with Crippen LogP contribution in [0.25, 0.3) is 11.1 Å². The number of nitrogens with zero attached hydrogens (tertiary/aromatic N) is 1. The minimum Gasteiger partial charge on any atom is -0.316 e. The quantitative estimate of drug-likeness (QED) is 0.765. The summed E-state index contributed by atoms with van der Waals surface area (Å²) in [6.07, 6.45) is 0. The van der Waals surface area contributed by atoms with E-state index in [1.54, 1.807) is 11.9 Å². The van der Waals surface area contributed by atoms with Crippen molar-refractivity contribution >= 4 is 11.6 Å². The molecule has 0 bridgehead atoms. The van der Waals surface area contributed by atoms with E-state index in [1.807, 2.05) is 48.5 Å². The molecule has 0 spiro atoms. The zero-order valence-corrected chi connectivity index (χ0v) is 10.1. The molecule has 1 atom stereocenters. The van der Waals surface area contributed by atoms with Crippen LogP contribution in [0.1, 0.15) is 11.6 Å². The highest BCUT2D eigenvalue weighted by atomic mass is 16.2. The average molecular weight is 238 g/mol. The van der Waals surface area contributed by atoms with Gasteiger partial charge in [0, 0.05) is 12.6 Å². The Kier molecular flexibility index (Phi) is 2.42. The molecule has 1 aliphatic heterocycles. The Labute approximate surface area is 106 Å². The highest BCUT2D eigenvalue weighted by Crippen LogP contribution is 2.38. The Bertz CT molecular complexity index is 568. The number of hydrogen-bond acceptors (Lipinski definition) is 2. The Morgan fingerprint density at radius 1 is 1.00 bits per heavy atom. The van der Waals surface area contributed by atoms with Crippen molar-refractivity contribution in [3.8, 4) is 11.1 Å². The predicted octanol–water partition coefficient (Wildman–Crippen LogP) is 2.33. The van der Waals surface area contributed by atoms with Crippen molar-refractivity contribution < 1.29 is 4.79 Å². The third kappa shape index (κ3) is 1.45. The lowest BCUT2D eigenvalue weighted by Gasteiger charge is -2.19. The van der Waals surface area contributed by atoms with Gasteiger partial charge in [0.2, 0.25) is 5.91 Å². The van der Waals surface area contributed by atoms with Crippen LogP contribution < -0.4 is 10.6 Å². The summed E-state index contributed by atoms with van der Waals surface area (Å²) in [5.41, 5.74) is 9.95. The first kappa shape index (κ1) is 11.0. The molecule has 0 fully saturated rings. The first-order valence-corrected chi connectivity index (χ1v) is 5.91. The number of carbonyl (C=O) groups excluding carboxylic acids is 1. The van der Waals surface area contributed by atoms with E-state index in [0.717, 1.165) is 22.4 Å². The van der Waals surface area contributed by atoms with E-state index in [2.05, 4.69) is 0 Å². The number of para-hydroxylation sites is 1. The topological polar surface area (TPSA) is 46.3 Å². The molecule has 2 aromatic rings. The fourth-order valence-electron chi connectivity index (χ4n) is 2.47. The maximum absolute atomic E-state index is 12.3. The molecule has 0 saturated heterocycles. The van der Waals surface area contributed by atoms with Gasteiger partial charge in [-0.25, -0.2) is 0 Å². The van der Waals surface area contributed by atoms with Gasteiger partial charge in [-0.3, -0.25) is 4.79 Å². The van der Waals surface area contributed by atoms with Gasteiger partial charge in [-0.15, -0.1) is 0 Å². The SMILES string of the molecule is CN1C(=O)[C@@H](N)c2ccccc2-c2ccccc21. The van der Waals surface area contributed by atoms with Gasteiger partial charge in [-0.1, -0.05) is 42.5 Å². The number of likely N-dealkylation sites (N-methyl/N-ethyl adjacent to an activating group) is 1. The number of fused-ring (bicyclic) bond motifs is 3. The Balaban J connectivity index is 2.36. The van der Waals surface area contributed by atoms with Crippen LogP contribution in [-0.4, -0.2) is 13.0 Å². The first-order valence-electron chi connectivity index (χ1n) is 5.91. The van der Waals surface area contributed by atoms with E-state index in [9.17, 15) is 4.79 Å². The molecule has 0 saturated carbocycles. The normalized spacial score (nSPS) is 18.0. The number of nitrogens with two attached hydrogens (primary N) is 1. The van der Waals surface area contributed by atoms with Crippen LogP contribution in [-0.2, 0) is 4.79 Å². The number of amides is 1. The Morgan fingerprint density at radius 2 is 1.61 bits per heavy atom. The van der Waals surface area contributed by atoms with Crippen molar-refractivity contribution in [3.05, 3.63) is 54.1 Å². The molecule has 2 aromatic carbocycles. The largest absolute Gasteiger partial charge is 0.316 e. The lowest BCUT2D eigenvalue weighted by molar-refractivity contribution is -0.119. The van der Waals surface area contributed by atoms with Crippen LogP contribution in [0.4, 0.5) is 5.69 Å². The van der Waals surface area contributed by atoms with Gasteiger partial charge in [-0.05, 0) is 17.2 Å². The average Bonchev–Trinajstić information content (AvgIpc) is 2.51. The summed E-state index contributed by atoms with van der Waals surface area (Å²) < 4.78 is 0. The van der Waals surface area contributed by atoms with Crippen LogP contribution in [0.2, 0.25) is 0 Å². The fourth-order valence-corrected chi connectivity index (χ4v) is 2.47.